The molecule has 0 saturated carbocycles. The molecule has 6 nitrogen and oxygen atoms in total. The monoisotopic (exact) mass is 361 g/mol. The third-order valence-corrected chi connectivity index (χ3v) is 3.44. The molecule has 21 heavy (non-hydrogen) atoms. The highest BCUT2D eigenvalue weighted by Crippen LogP contribution is 2.32. The minimum Gasteiger partial charge on any atom is -0.496 e. The quantitative estimate of drug-likeness (QED) is 0.756. The molecule has 0 heterocycles. The van der Waals surface area contributed by atoms with E-state index in [1.807, 2.05) is 12.1 Å². The van der Waals surface area contributed by atoms with Crippen LogP contribution in [-0.4, -0.2) is 40.3 Å². The summed E-state index contributed by atoms with van der Waals surface area (Å²) in [6, 6.07) is 3.70. The van der Waals surface area contributed by atoms with Gasteiger partial charge in [0.2, 0.25) is 6.29 Å². The van der Waals surface area contributed by atoms with Crippen LogP contribution in [0.1, 0.15) is 12.5 Å². The SMILES string of the molecule is COc1cc(CCNC(=O)OC(C)OC)c(OC)cc1Br. The summed E-state index contributed by atoms with van der Waals surface area (Å²) in [5.74, 6) is 1.43. The maximum atomic E-state index is 11.5. The van der Waals surface area contributed by atoms with Crippen molar-refractivity contribution in [2.24, 2.45) is 0 Å². The Morgan fingerprint density at radius 2 is 1.90 bits per heavy atom. The number of benzene rings is 1. The third kappa shape index (κ3) is 5.43. The van der Waals surface area contributed by atoms with Crippen molar-refractivity contribution in [1.82, 2.24) is 5.32 Å². The lowest BCUT2D eigenvalue weighted by Crippen LogP contribution is -2.30. The molecule has 0 radical (unpaired) electrons. The number of hydrogen-bond acceptors (Lipinski definition) is 5. The summed E-state index contributed by atoms with van der Waals surface area (Å²) < 4.78 is 21.1. The number of amides is 1. The summed E-state index contributed by atoms with van der Waals surface area (Å²) >= 11 is 3.40. The van der Waals surface area contributed by atoms with Gasteiger partial charge in [-0.3, -0.25) is 0 Å². The first-order valence-corrected chi connectivity index (χ1v) is 7.18. The van der Waals surface area contributed by atoms with Crippen molar-refractivity contribution in [1.29, 1.82) is 0 Å². The summed E-state index contributed by atoms with van der Waals surface area (Å²) in [6.45, 7) is 2.05. The van der Waals surface area contributed by atoms with Crippen LogP contribution in [0, 0.1) is 0 Å². The van der Waals surface area contributed by atoms with E-state index in [1.165, 1.54) is 7.11 Å². The van der Waals surface area contributed by atoms with E-state index in [1.54, 1.807) is 21.1 Å². The second-order valence-corrected chi connectivity index (χ2v) is 5.04. The van der Waals surface area contributed by atoms with Gasteiger partial charge in [0.1, 0.15) is 11.5 Å². The molecule has 7 heteroatoms. The van der Waals surface area contributed by atoms with Crippen molar-refractivity contribution < 1.29 is 23.7 Å². The second-order valence-electron chi connectivity index (χ2n) is 4.18. The topological polar surface area (TPSA) is 66.0 Å². The molecule has 0 bridgehead atoms. The van der Waals surface area contributed by atoms with Crippen LogP contribution in [0.2, 0.25) is 0 Å². The largest absolute Gasteiger partial charge is 0.496 e. The van der Waals surface area contributed by atoms with Crippen molar-refractivity contribution in [3.8, 4) is 11.5 Å². The standard InChI is InChI=1S/C14H20BrNO5/c1-9(18-2)21-14(17)16-6-5-10-7-13(20-4)11(15)8-12(10)19-3/h7-9H,5-6H2,1-4H3,(H,16,17). The van der Waals surface area contributed by atoms with Crippen LogP contribution >= 0.6 is 15.9 Å². The van der Waals surface area contributed by atoms with E-state index in [2.05, 4.69) is 21.2 Å². The van der Waals surface area contributed by atoms with Gasteiger partial charge in [-0.2, -0.15) is 0 Å². The van der Waals surface area contributed by atoms with Crippen LogP contribution in [0.25, 0.3) is 0 Å². The lowest BCUT2D eigenvalue weighted by molar-refractivity contribution is -0.0673. The fourth-order valence-corrected chi connectivity index (χ4v) is 2.14. The number of ether oxygens (including phenoxy) is 4. The van der Waals surface area contributed by atoms with Gasteiger partial charge in [0.05, 0.1) is 18.7 Å². The first-order valence-electron chi connectivity index (χ1n) is 6.39. The van der Waals surface area contributed by atoms with Crippen molar-refractivity contribution in [2.45, 2.75) is 19.6 Å². The lowest BCUT2D eigenvalue weighted by Gasteiger charge is -2.14. The number of alkyl carbamates (subject to hydrolysis) is 1. The van der Waals surface area contributed by atoms with E-state index in [9.17, 15) is 4.79 Å². The molecule has 0 aliphatic rings. The molecule has 1 amide bonds. The van der Waals surface area contributed by atoms with Crippen LogP contribution in [0.4, 0.5) is 4.79 Å². The fraction of sp³-hybridized carbons (Fsp3) is 0.500. The Labute approximate surface area is 132 Å². The Kier molecular flexibility index (Phi) is 7.31. The molecule has 0 aliphatic carbocycles. The van der Waals surface area contributed by atoms with Gasteiger partial charge in [-0.1, -0.05) is 0 Å². The Balaban J connectivity index is 2.60. The number of nitrogens with one attached hydrogen (secondary N) is 1. The number of hydrogen-bond donors (Lipinski definition) is 1. The van der Waals surface area contributed by atoms with Gasteiger partial charge in [0, 0.05) is 13.7 Å². The van der Waals surface area contributed by atoms with Crippen LogP contribution in [0.3, 0.4) is 0 Å². The summed E-state index contributed by atoms with van der Waals surface area (Å²) in [5, 5.41) is 2.65. The van der Waals surface area contributed by atoms with Crippen LogP contribution in [0.5, 0.6) is 11.5 Å². The van der Waals surface area contributed by atoms with Gasteiger partial charge in [0.15, 0.2) is 0 Å². The number of carbonyl (C=O) groups is 1. The number of methoxy groups -OCH3 is 3. The molecule has 1 rings (SSSR count). The molecule has 1 aromatic rings. The van der Waals surface area contributed by atoms with Gasteiger partial charge in [-0.05, 0) is 47.0 Å². The molecule has 1 aromatic carbocycles. The lowest BCUT2D eigenvalue weighted by atomic mass is 10.1. The van der Waals surface area contributed by atoms with Crippen LogP contribution in [0.15, 0.2) is 16.6 Å². The highest BCUT2D eigenvalue weighted by Gasteiger charge is 2.11. The van der Waals surface area contributed by atoms with Crippen LogP contribution < -0.4 is 14.8 Å². The molecule has 118 valence electrons. The first kappa shape index (κ1) is 17.6. The predicted molar refractivity (Wildman–Crippen MR) is 81.9 cm³/mol. The molecule has 0 fully saturated rings. The van der Waals surface area contributed by atoms with Gasteiger partial charge in [-0.25, -0.2) is 4.79 Å². The maximum absolute atomic E-state index is 11.5. The molecule has 1 unspecified atom stereocenters. The average molecular weight is 362 g/mol. The average Bonchev–Trinajstić information content (AvgIpc) is 2.47. The third-order valence-electron chi connectivity index (χ3n) is 2.82. The molecule has 1 atom stereocenters. The summed E-state index contributed by atoms with van der Waals surface area (Å²) in [5.41, 5.74) is 0.928. The van der Waals surface area contributed by atoms with Crippen molar-refractivity contribution in [3.63, 3.8) is 0 Å². The molecule has 0 saturated heterocycles. The van der Waals surface area contributed by atoms with Gasteiger partial charge in [-0.15, -0.1) is 0 Å². The second kappa shape index (κ2) is 8.74. The zero-order valence-corrected chi connectivity index (χ0v) is 14.2. The zero-order chi connectivity index (χ0) is 15.8. The smallest absolute Gasteiger partial charge is 0.409 e. The highest BCUT2D eigenvalue weighted by atomic mass is 79.9. The number of rotatable bonds is 7. The van der Waals surface area contributed by atoms with E-state index in [-0.39, 0.29) is 0 Å². The molecule has 0 aromatic heterocycles. The van der Waals surface area contributed by atoms with Gasteiger partial charge in [0.25, 0.3) is 0 Å². The molecular formula is C14H20BrNO5. The molecule has 0 aliphatic heterocycles. The fourth-order valence-electron chi connectivity index (χ4n) is 1.66. The molecule has 1 N–H and O–H groups in total. The Morgan fingerprint density at radius 3 is 2.48 bits per heavy atom. The normalized spacial score (nSPS) is 11.7. The number of carbonyl (C=O) groups excluding carboxylic acids is 1. The Morgan fingerprint density at radius 1 is 1.24 bits per heavy atom. The first-order chi connectivity index (χ1) is 10.0. The highest BCUT2D eigenvalue weighted by molar-refractivity contribution is 9.10. The van der Waals surface area contributed by atoms with Gasteiger partial charge >= 0.3 is 6.09 Å². The minimum atomic E-state index is -0.577. The van der Waals surface area contributed by atoms with Crippen LogP contribution in [-0.2, 0) is 15.9 Å². The van der Waals surface area contributed by atoms with Gasteiger partial charge < -0.3 is 24.3 Å². The maximum Gasteiger partial charge on any atom is 0.409 e. The zero-order valence-electron chi connectivity index (χ0n) is 12.6. The Hall–Kier alpha value is -1.47. The van der Waals surface area contributed by atoms with E-state index in [0.29, 0.717) is 18.7 Å². The van der Waals surface area contributed by atoms with Crippen molar-refractivity contribution >= 4 is 22.0 Å². The predicted octanol–water partition coefficient (Wildman–Crippen LogP) is 2.73. The van der Waals surface area contributed by atoms with E-state index < -0.39 is 12.4 Å². The summed E-state index contributed by atoms with van der Waals surface area (Å²) in [6.07, 6.45) is -0.511. The van der Waals surface area contributed by atoms with E-state index in [4.69, 9.17) is 18.9 Å². The summed E-state index contributed by atoms with van der Waals surface area (Å²) in [4.78, 5) is 11.5. The molecular weight excluding hydrogens is 342 g/mol. The van der Waals surface area contributed by atoms with Crippen molar-refractivity contribution in [2.75, 3.05) is 27.9 Å². The van der Waals surface area contributed by atoms with E-state index in [0.717, 1.165) is 15.8 Å². The summed E-state index contributed by atoms with van der Waals surface area (Å²) in [7, 11) is 4.66. The van der Waals surface area contributed by atoms with E-state index >= 15 is 0 Å². The molecule has 0 spiro atoms. The minimum absolute atomic E-state index is 0.413. The Bertz CT molecular complexity index is 481. The number of halogens is 1. The van der Waals surface area contributed by atoms with Crippen molar-refractivity contribution in [3.05, 3.63) is 22.2 Å².